The van der Waals surface area contributed by atoms with Gasteiger partial charge in [0.05, 0.1) is 28.0 Å². The van der Waals surface area contributed by atoms with E-state index in [9.17, 15) is 4.79 Å². The molecule has 0 aliphatic carbocycles. The summed E-state index contributed by atoms with van der Waals surface area (Å²) in [5.74, 6) is 0.617. The number of nitrogens with one attached hydrogen (secondary N) is 2. The summed E-state index contributed by atoms with van der Waals surface area (Å²) < 4.78 is 6.69. The van der Waals surface area contributed by atoms with Crippen LogP contribution in [0.25, 0.3) is 32.2 Å². The van der Waals surface area contributed by atoms with Gasteiger partial charge in [-0.25, -0.2) is 15.0 Å². The molecule has 154 valence electrons. The van der Waals surface area contributed by atoms with Gasteiger partial charge in [0.1, 0.15) is 22.6 Å². The second kappa shape index (κ2) is 8.25. The minimum atomic E-state index is -0.358. The van der Waals surface area contributed by atoms with Gasteiger partial charge < -0.3 is 15.0 Å². The van der Waals surface area contributed by atoms with Crippen LogP contribution in [-0.2, 0) is 16.1 Å². The van der Waals surface area contributed by atoms with Gasteiger partial charge in [-0.15, -0.1) is 22.7 Å². The maximum atomic E-state index is 12.4. The largest absolute Gasteiger partial charge is 0.368 e. The SMILES string of the molecule is Cc1csc(-c2nc(CNC(=O)C3CCCCO3)[nH]c2-c2ccc3ncsc3c2)n1. The number of benzene rings is 1. The number of carbonyl (C=O) groups is 1. The van der Waals surface area contributed by atoms with Crippen LogP contribution in [0.3, 0.4) is 0 Å². The zero-order valence-electron chi connectivity index (χ0n) is 16.5. The number of imidazole rings is 1. The normalized spacial score (nSPS) is 16.8. The highest BCUT2D eigenvalue weighted by Crippen LogP contribution is 2.34. The first-order valence-corrected chi connectivity index (χ1v) is 11.7. The first-order chi connectivity index (χ1) is 14.7. The lowest BCUT2D eigenvalue weighted by atomic mass is 10.1. The molecule has 0 spiro atoms. The standard InChI is InChI=1S/C21H21N5O2S2/c1-12-10-29-21(24-12)19-18(13-5-6-14-16(8-13)30-11-23-14)25-17(26-19)9-22-20(27)15-4-2-3-7-28-15/h5-6,8,10-11,15H,2-4,7,9H2,1H3,(H,22,27)(H,25,26). The average Bonchev–Trinajstić information content (AvgIpc) is 3.51. The molecule has 4 aromatic rings. The molecule has 2 N–H and O–H groups in total. The number of thiazole rings is 2. The molecule has 3 aromatic heterocycles. The maximum absolute atomic E-state index is 12.4. The summed E-state index contributed by atoms with van der Waals surface area (Å²) >= 11 is 3.18. The molecule has 1 saturated heterocycles. The number of rotatable bonds is 5. The van der Waals surface area contributed by atoms with E-state index >= 15 is 0 Å². The van der Waals surface area contributed by atoms with Crippen LogP contribution >= 0.6 is 22.7 Å². The number of aromatic amines is 1. The molecule has 1 unspecified atom stereocenters. The third-order valence-corrected chi connectivity index (χ3v) is 6.86. The summed E-state index contributed by atoms with van der Waals surface area (Å²) in [5, 5.41) is 5.83. The zero-order chi connectivity index (χ0) is 20.5. The Labute approximate surface area is 181 Å². The fraction of sp³-hybridized carbons (Fsp3) is 0.333. The number of aryl methyl sites for hydroxylation is 1. The van der Waals surface area contributed by atoms with Crippen molar-refractivity contribution in [1.29, 1.82) is 0 Å². The van der Waals surface area contributed by atoms with E-state index in [-0.39, 0.29) is 12.0 Å². The molecule has 0 radical (unpaired) electrons. The molecule has 1 aliphatic rings. The second-order valence-electron chi connectivity index (χ2n) is 7.31. The lowest BCUT2D eigenvalue weighted by Gasteiger charge is -2.21. The molecular formula is C21H21N5O2S2. The monoisotopic (exact) mass is 439 g/mol. The van der Waals surface area contributed by atoms with Crippen molar-refractivity contribution in [3.8, 4) is 22.0 Å². The summed E-state index contributed by atoms with van der Waals surface area (Å²) in [6.07, 6.45) is 2.46. The predicted octanol–water partition coefficient (Wildman–Crippen LogP) is 4.30. The second-order valence-corrected chi connectivity index (χ2v) is 9.05. The van der Waals surface area contributed by atoms with Crippen LogP contribution in [0.2, 0.25) is 0 Å². The molecule has 1 atom stereocenters. The van der Waals surface area contributed by atoms with Gasteiger partial charge in [-0.3, -0.25) is 4.79 Å². The number of amides is 1. The van der Waals surface area contributed by atoms with Gasteiger partial charge in [0, 0.05) is 23.2 Å². The molecule has 1 aromatic carbocycles. The van der Waals surface area contributed by atoms with Crippen molar-refractivity contribution in [2.24, 2.45) is 0 Å². The molecule has 4 heterocycles. The van der Waals surface area contributed by atoms with Gasteiger partial charge in [0.2, 0.25) is 5.91 Å². The smallest absolute Gasteiger partial charge is 0.249 e. The van der Waals surface area contributed by atoms with E-state index in [2.05, 4.69) is 26.3 Å². The minimum absolute atomic E-state index is 0.0784. The van der Waals surface area contributed by atoms with E-state index in [0.29, 0.717) is 19.0 Å². The number of fused-ring (bicyclic) bond motifs is 1. The molecule has 0 saturated carbocycles. The quantitative estimate of drug-likeness (QED) is 0.484. The van der Waals surface area contributed by atoms with Gasteiger partial charge in [0.25, 0.3) is 0 Å². The Morgan fingerprint density at radius 3 is 3.03 bits per heavy atom. The topological polar surface area (TPSA) is 92.8 Å². The fourth-order valence-electron chi connectivity index (χ4n) is 3.58. The van der Waals surface area contributed by atoms with Crippen LogP contribution in [-0.4, -0.2) is 38.6 Å². The Balaban J connectivity index is 1.44. The van der Waals surface area contributed by atoms with Crippen LogP contribution in [0.4, 0.5) is 0 Å². The highest BCUT2D eigenvalue weighted by atomic mass is 32.1. The predicted molar refractivity (Wildman–Crippen MR) is 118 cm³/mol. The van der Waals surface area contributed by atoms with Gasteiger partial charge in [0.15, 0.2) is 0 Å². The van der Waals surface area contributed by atoms with Gasteiger partial charge in [-0.2, -0.15) is 0 Å². The Morgan fingerprint density at radius 1 is 1.30 bits per heavy atom. The van der Waals surface area contributed by atoms with Crippen LogP contribution < -0.4 is 5.32 Å². The van der Waals surface area contributed by atoms with E-state index in [4.69, 9.17) is 9.72 Å². The number of nitrogens with zero attached hydrogens (tertiary/aromatic N) is 3. The van der Waals surface area contributed by atoms with E-state index in [1.807, 2.05) is 29.9 Å². The van der Waals surface area contributed by atoms with Crippen LogP contribution in [0.15, 0.2) is 29.1 Å². The van der Waals surface area contributed by atoms with E-state index in [1.54, 1.807) is 22.7 Å². The van der Waals surface area contributed by atoms with Gasteiger partial charge >= 0.3 is 0 Å². The van der Waals surface area contributed by atoms with E-state index in [0.717, 1.165) is 57.1 Å². The van der Waals surface area contributed by atoms with Crippen molar-refractivity contribution in [3.63, 3.8) is 0 Å². The van der Waals surface area contributed by atoms with Crippen molar-refractivity contribution in [3.05, 3.63) is 40.6 Å². The van der Waals surface area contributed by atoms with E-state index < -0.39 is 0 Å². The highest BCUT2D eigenvalue weighted by Gasteiger charge is 2.23. The summed E-state index contributed by atoms with van der Waals surface area (Å²) in [7, 11) is 0. The molecule has 30 heavy (non-hydrogen) atoms. The van der Waals surface area contributed by atoms with Gasteiger partial charge in [-0.05, 0) is 38.3 Å². The van der Waals surface area contributed by atoms with E-state index in [1.165, 1.54) is 0 Å². The number of hydrogen-bond acceptors (Lipinski definition) is 7. The van der Waals surface area contributed by atoms with Crippen molar-refractivity contribution in [2.75, 3.05) is 6.61 Å². The highest BCUT2D eigenvalue weighted by molar-refractivity contribution is 7.16. The molecule has 1 amide bonds. The summed E-state index contributed by atoms with van der Waals surface area (Å²) in [6.45, 7) is 2.94. The molecule has 0 bridgehead atoms. The summed E-state index contributed by atoms with van der Waals surface area (Å²) in [6, 6.07) is 6.17. The Bertz CT molecular complexity index is 1190. The fourth-order valence-corrected chi connectivity index (χ4v) is 5.08. The number of aromatic nitrogens is 4. The summed E-state index contributed by atoms with van der Waals surface area (Å²) in [5.41, 5.74) is 6.52. The molecule has 1 fully saturated rings. The van der Waals surface area contributed by atoms with Crippen molar-refractivity contribution < 1.29 is 9.53 Å². The number of ether oxygens (including phenoxy) is 1. The number of carbonyl (C=O) groups excluding carboxylic acids is 1. The Kier molecular flexibility index (Phi) is 5.32. The lowest BCUT2D eigenvalue weighted by Crippen LogP contribution is -2.38. The Morgan fingerprint density at radius 2 is 2.23 bits per heavy atom. The summed E-state index contributed by atoms with van der Waals surface area (Å²) in [4.78, 5) is 29.6. The molecule has 5 rings (SSSR count). The number of hydrogen-bond donors (Lipinski definition) is 2. The maximum Gasteiger partial charge on any atom is 0.249 e. The molecular weight excluding hydrogens is 418 g/mol. The van der Waals surface area contributed by atoms with Crippen molar-refractivity contribution in [1.82, 2.24) is 25.3 Å². The molecule has 1 aliphatic heterocycles. The lowest BCUT2D eigenvalue weighted by molar-refractivity contribution is -0.135. The van der Waals surface area contributed by atoms with Crippen molar-refractivity contribution in [2.45, 2.75) is 38.8 Å². The molecule has 7 nitrogen and oxygen atoms in total. The third-order valence-electron chi connectivity index (χ3n) is 5.10. The van der Waals surface area contributed by atoms with Crippen LogP contribution in [0.1, 0.15) is 30.8 Å². The third kappa shape index (κ3) is 3.88. The van der Waals surface area contributed by atoms with Crippen molar-refractivity contribution >= 4 is 38.8 Å². The Hall–Kier alpha value is -2.62. The van der Waals surface area contributed by atoms with Gasteiger partial charge in [-0.1, -0.05) is 6.07 Å². The first kappa shape index (κ1) is 19.3. The zero-order valence-corrected chi connectivity index (χ0v) is 18.1. The van der Waals surface area contributed by atoms with Crippen LogP contribution in [0.5, 0.6) is 0 Å². The first-order valence-electron chi connectivity index (χ1n) is 9.92. The average molecular weight is 440 g/mol. The molecule has 9 heteroatoms. The minimum Gasteiger partial charge on any atom is -0.368 e. The number of H-pyrrole nitrogens is 1. The van der Waals surface area contributed by atoms with Crippen LogP contribution in [0, 0.1) is 6.92 Å².